The quantitative estimate of drug-likeness (QED) is 0.499. The number of hydrogen-bond acceptors (Lipinski definition) is 7. The average Bonchev–Trinajstić information content (AvgIpc) is 2.76. The van der Waals surface area contributed by atoms with E-state index in [-0.39, 0.29) is 36.7 Å². The van der Waals surface area contributed by atoms with Gasteiger partial charge in [0.2, 0.25) is 0 Å². The average molecular weight is 411 g/mol. The number of ether oxygens (including phenoxy) is 3. The maximum absolute atomic E-state index is 12.3. The third-order valence-corrected chi connectivity index (χ3v) is 4.34. The molecule has 1 aliphatic heterocycles. The monoisotopic (exact) mass is 411 g/mol. The lowest BCUT2D eigenvalue weighted by atomic mass is 10.1. The highest BCUT2D eigenvalue weighted by Crippen LogP contribution is 2.28. The molecule has 2 aromatic rings. The van der Waals surface area contributed by atoms with Crippen LogP contribution in [0, 0.1) is 0 Å². The van der Waals surface area contributed by atoms with E-state index in [4.69, 9.17) is 14.2 Å². The van der Waals surface area contributed by atoms with Crippen molar-refractivity contribution in [1.29, 1.82) is 0 Å². The molecule has 0 radical (unpaired) electrons. The molecule has 1 N–H and O–H groups in total. The van der Waals surface area contributed by atoms with Gasteiger partial charge in [-0.25, -0.2) is 0 Å². The van der Waals surface area contributed by atoms with Crippen LogP contribution >= 0.6 is 0 Å². The van der Waals surface area contributed by atoms with Gasteiger partial charge in [-0.15, -0.1) is 0 Å². The molecule has 1 amide bonds. The summed E-state index contributed by atoms with van der Waals surface area (Å²) in [5.41, 5.74) is 1.14. The molecule has 0 fully saturated rings. The van der Waals surface area contributed by atoms with E-state index in [2.05, 4.69) is 5.32 Å². The molecule has 0 aliphatic carbocycles. The minimum absolute atomic E-state index is 0.0246. The summed E-state index contributed by atoms with van der Waals surface area (Å²) in [6.07, 6.45) is -0.156. The molecule has 1 aliphatic rings. The second kappa shape index (κ2) is 9.69. The molecule has 0 unspecified atom stereocenters. The van der Waals surface area contributed by atoms with E-state index in [1.165, 1.54) is 12.1 Å². The number of hydrogen-bond donors (Lipinski definition) is 1. The number of anilines is 1. The van der Waals surface area contributed by atoms with Gasteiger partial charge in [-0.1, -0.05) is 0 Å². The summed E-state index contributed by atoms with van der Waals surface area (Å²) >= 11 is 0. The van der Waals surface area contributed by atoms with Crippen LogP contribution in [-0.2, 0) is 14.3 Å². The zero-order valence-corrected chi connectivity index (χ0v) is 16.4. The molecule has 0 spiro atoms. The number of carbonyl (C=O) groups is 4. The van der Waals surface area contributed by atoms with Gasteiger partial charge in [0.25, 0.3) is 5.91 Å². The Bertz CT molecular complexity index is 966. The van der Waals surface area contributed by atoms with Gasteiger partial charge in [-0.3, -0.25) is 19.2 Å². The Labute approximate surface area is 173 Å². The predicted octanol–water partition coefficient (Wildman–Crippen LogP) is 2.81. The lowest BCUT2D eigenvalue weighted by Crippen LogP contribution is -2.25. The van der Waals surface area contributed by atoms with E-state index < -0.39 is 18.4 Å². The fourth-order valence-corrected chi connectivity index (χ4v) is 2.82. The van der Waals surface area contributed by atoms with Gasteiger partial charge in [0.15, 0.2) is 24.8 Å². The number of amides is 1. The molecule has 0 atom stereocenters. The van der Waals surface area contributed by atoms with Crippen molar-refractivity contribution in [3.8, 4) is 11.5 Å². The fourth-order valence-electron chi connectivity index (χ4n) is 2.82. The van der Waals surface area contributed by atoms with Crippen LogP contribution in [0.1, 0.15) is 40.5 Å². The van der Waals surface area contributed by atoms with Crippen molar-refractivity contribution in [2.24, 2.45) is 0 Å². The van der Waals surface area contributed by atoms with Gasteiger partial charge in [0, 0.05) is 17.5 Å². The van der Waals surface area contributed by atoms with Gasteiger partial charge in [0.1, 0.15) is 11.5 Å². The van der Waals surface area contributed by atoms with Crippen LogP contribution in [0.15, 0.2) is 42.5 Å². The molecule has 0 aromatic heterocycles. The third-order valence-electron chi connectivity index (χ3n) is 4.34. The van der Waals surface area contributed by atoms with Gasteiger partial charge < -0.3 is 19.5 Å². The molecule has 1 heterocycles. The molecule has 8 nitrogen and oxygen atoms in total. The van der Waals surface area contributed by atoms with E-state index in [1.54, 1.807) is 30.3 Å². The molecule has 3 rings (SSSR count). The molecular weight excluding hydrogens is 390 g/mol. The lowest BCUT2D eigenvalue weighted by molar-refractivity contribution is -0.142. The van der Waals surface area contributed by atoms with Crippen LogP contribution in [0.3, 0.4) is 0 Å². The number of Topliss-reactive ketones (excluding diaryl/α,β-unsaturated/α-hetero) is 2. The number of esters is 1. The number of benzene rings is 2. The zero-order chi connectivity index (χ0) is 21.5. The topological polar surface area (TPSA) is 108 Å². The van der Waals surface area contributed by atoms with Gasteiger partial charge in [-0.05, 0) is 49.4 Å². The van der Waals surface area contributed by atoms with Crippen molar-refractivity contribution in [1.82, 2.24) is 0 Å². The van der Waals surface area contributed by atoms with Crippen LogP contribution in [0.4, 0.5) is 5.69 Å². The highest BCUT2D eigenvalue weighted by molar-refractivity contribution is 6.02. The highest BCUT2D eigenvalue weighted by atomic mass is 16.5. The molecule has 8 heteroatoms. The summed E-state index contributed by atoms with van der Waals surface area (Å²) in [5, 5.41) is 2.61. The first-order valence-corrected chi connectivity index (χ1v) is 9.48. The first-order valence-electron chi connectivity index (χ1n) is 9.48. The normalized spacial score (nSPS) is 12.2. The van der Waals surface area contributed by atoms with Crippen molar-refractivity contribution in [3.63, 3.8) is 0 Å². The van der Waals surface area contributed by atoms with Crippen molar-refractivity contribution >= 4 is 29.1 Å². The highest BCUT2D eigenvalue weighted by Gasteiger charge is 2.19. The van der Waals surface area contributed by atoms with E-state index in [0.717, 1.165) is 0 Å². The van der Waals surface area contributed by atoms with Gasteiger partial charge in [-0.2, -0.15) is 0 Å². The zero-order valence-electron chi connectivity index (χ0n) is 16.4. The Balaban J connectivity index is 1.46. The van der Waals surface area contributed by atoms with Crippen molar-refractivity contribution in [3.05, 3.63) is 53.6 Å². The summed E-state index contributed by atoms with van der Waals surface area (Å²) in [4.78, 5) is 47.7. The van der Waals surface area contributed by atoms with E-state index in [1.807, 2.05) is 6.92 Å². The first kappa shape index (κ1) is 21.0. The minimum Gasteiger partial charge on any atom is -0.494 e. The van der Waals surface area contributed by atoms with Gasteiger partial charge in [0.05, 0.1) is 18.7 Å². The maximum Gasteiger partial charge on any atom is 0.306 e. The molecule has 30 heavy (non-hydrogen) atoms. The Morgan fingerprint density at radius 3 is 2.47 bits per heavy atom. The molecule has 156 valence electrons. The van der Waals surface area contributed by atoms with Crippen LogP contribution in [0.5, 0.6) is 11.5 Å². The Morgan fingerprint density at radius 2 is 1.73 bits per heavy atom. The van der Waals surface area contributed by atoms with Crippen molar-refractivity contribution < 1.29 is 33.4 Å². The largest absolute Gasteiger partial charge is 0.494 e. The number of nitrogens with one attached hydrogen (secondary N) is 1. The lowest BCUT2D eigenvalue weighted by Gasteiger charge is -2.18. The smallest absolute Gasteiger partial charge is 0.306 e. The number of ketones is 2. The van der Waals surface area contributed by atoms with Crippen molar-refractivity contribution in [2.75, 3.05) is 25.1 Å². The molecule has 0 bridgehead atoms. The number of rotatable bonds is 9. The first-order chi connectivity index (χ1) is 14.5. The summed E-state index contributed by atoms with van der Waals surface area (Å²) < 4.78 is 15.5. The van der Waals surface area contributed by atoms with Crippen LogP contribution in [-0.4, -0.2) is 43.3 Å². The predicted molar refractivity (Wildman–Crippen MR) is 107 cm³/mol. The van der Waals surface area contributed by atoms with Gasteiger partial charge >= 0.3 is 5.97 Å². The fraction of sp³-hybridized carbons (Fsp3) is 0.273. The molecule has 0 saturated heterocycles. The molecule has 2 aromatic carbocycles. The summed E-state index contributed by atoms with van der Waals surface area (Å²) in [5.74, 6) is -0.445. The molecule has 0 saturated carbocycles. The summed E-state index contributed by atoms with van der Waals surface area (Å²) in [6, 6.07) is 11.2. The van der Waals surface area contributed by atoms with Crippen molar-refractivity contribution in [2.45, 2.75) is 19.8 Å². The van der Waals surface area contributed by atoms with Crippen LogP contribution in [0.25, 0.3) is 0 Å². The summed E-state index contributed by atoms with van der Waals surface area (Å²) in [7, 11) is 0. The van der Waals surface area contributed by atoms with Crippen LogP contribution < -0.4 is 14.8 Å². The standard InChI is InChI=1S/C22H21NO7/c1-2-28-16-6-3-14(4-7-16)18(24)8-10-22(27)30-12-19(25)15-5-9-20-17(11-15)23-21(26)13-29-20/h3-7,9,11H,2,8,10,12-13H2,1H3,(H,23,26). The van der Waals surface area contributed by atoms with E-state index >= 15 is 0 Å². The van der Waals surface area contributed by atoms with Crippen LogP contribution in [0.2, 0.25) is 0 Å². The second-order valence-electron chi connectivity index (χ2n) is 6.51. The Morgan fingerprint density at radius 1 is 1.00 bits per heavy atom. The van der Waals surface area contributed by atoms with E-state index in [9.17, 15) is 19.2 Å². The number of carbonyl (C=O) groups excluding carboxylic acids is 4. The molecular formula is C22H21NO7. The number of fused-ring (bicyclic) bond motifs is 1. The maximum atomic E-state index is 12.3. The Hall–Kier alpha value is -3.68. The Kier molecular flexibility index (Phi) is 6.79. The second-order valence-corrected chi connectivity index (χ2v) is 6.51. The third kappa shape index (κ3) is 5.44. The SMILES string of the molecule is CCOc1ccc(C(=O)CCC(=O)OCC(=O)c2ccc3c(c2)NC(=O)CO3)cc1. The van der Waals surface area contributed by atoms with E-state index in [0.29, 0.717) is 29.4 Å². The minimum atomic E-state index is -0.641. The summed E-state index contributed by atoms with van der Waals surface area (Å²) in [6.45, 7) is 1.87.